The van der Waals surface area contributed by atoms with Crippen molar-refractivity contribution in [2.75, 3.05) is 12.4 Å². The molecule has 1 amide bonds. The number of carbonyl (C=O) groups is 1. The van der Waals surface area contributed by atoms with Crippen LogP contribution in [0.25, 0.3) is 27.8 Å². The maximum absolute atomic E-state index is 11.7. The Balaban J connectivity index is 1.41. The van der Waals surface area contributed by atoms with Gasteiger partial charge in [0.1, 0.15) is 11.3 Å². The molecule has 0 unspecified atom stereocenters. The lowest BCUT2D eigenvalue weighted by atomic mass is 9.74. The highest BCUT2D eigenvalue weighted by atomic mass is 16.5. The van der Waals surface area contributed by atoms with Gasteiger partial charge in [0.2, 0.25) is 17.7 Å². The normalized spacial score (nSPS) is 20.5. The van der Waals surface area contributed by atoms with E-state index >= 15 is 0 Å². The van der Waals surface area contributed by atoms with Crippen LogP contribution in [0.4, 0.5) is 5.95 Å². The van der Waals surface area contributed by atoms with Crippen molar-refractivity contribution in [3.63, 3.8) is 0 Å². The zero-order chi connectivity index (χ0) is 21.6. The first-order chi connectivity index (χ1) is 15.0. The Labute approximate surface area is 179 Å². The van der Waals surface area contributed by atoms with Gasteiger partial charge < -0.3 is 24.8 Å². The topological polar surface area (TPSA) is 109 Å². The Morgan fingerprint density at radius 2 is 2.19 bits per heavy atom. The molecule has 0 radical (unpaired) electrons. The van der Waals surface area contributed by atoms with Crippen LogP contribution >= 0.6 is 0 Å². The quantitative estimate of drug-likeness (QED) is 0.443. The van der Waals surface area contributed by atoms with Crippen molar-refractivity contribution in [1.82, 2.24) is 29.7 Å². The van der Waals surface area contributed by atoms with E-state index in [1.54, 1.807) is 13.3 Å². The Bertz CT molecular complexity index is 1270. The molecule has 4 heterocycles. The number of rotatable bonds is 6. The number of fused-ring (bicyclic) bond motifs is 2. The summed E-state index contributed by atoms with van der Waals surface area (Å²) in [4.78, 5) is 28.5. The minimum absolute atomic E-state index is 0.0769. The van der Waals surface area contributed by atoms with Gasteiger partial charge >= 0.3 is 0 Å². The van der Waals surface area contributed by atoms with E-state index in [1.165, 1.54) is 0 Å². The first-order valence-electron chi connectivity index (χ1n) is 10.4. The molecule has 4 aromatic rings. The van der Waals surface area contributed by atoms with Crippen molar-refractivity contribution in [3.05, 3.63) is 36.9 Å². The predicted octanol–water partition coefficient (Wildman–Crippen LogP) is 3.14. The summed E-state index contributed by atoms with van der Waals surface area (Å²) < 4.78 is 7.59. The second-order valence-corrected chi connectivity index (χ2v) is 8.30. The zero-order valence-corrected chi connectivity index (χ0v) is 17.8. The number of nitrogens with zero attached hydrogens (tertiary/aromatic N) is 4. The summed E-state index contributed by atoms with van der Waals surface area (Å²) in [5.74, 6) is 1.10. The molecule has 1 aliphatic carbocycles. The van der Waals surface area contributed by atoms with Crippen molar-refractivity contribution in [2.24, 2.45) is 0 Å². The standard InChI is InChI=1S/C22H25N7O2/c1-4-17(30)28-22(2)9-14(10-22)25-21-26-19-18(20(27-21)31-3)15(11-24-19)13-5-6-16-23-7-8-29(16)12-13/h5-8,11-12,14H,4,9-10H2,1-3H3,(H,28,30)(H2,24,25,26,27)/t14-,22+. The van der Waals surface area contributed by atoms with E-state index < -0.39 is 0 Å². The lowest BCUT2D eigenvalue weighted by Crippen LogP contribution is -2.59. The van der Waals surface area contributed by atoms with Crippen molar-refractivity contribution in [3.8, 4) is 17.0 Å². The Hall–Kier alpha value is -3.62. The molecule has 3 N–H and O–H groups in total. The number of anilines is 1. The molecule has 160 valence electrons. The molecule has 5 rings (SSSR count). The molecular formula is C22H25N7O2. The van der Waals surface area contributed by atoms with Crippen LogP contribution in [0.3, 0.4) is 0 Å². The fourth-order valence-corrected chi connectivity index (χ4v) is 4.36. The number of ether oxygens (including phenoxy) is 1. The Morgan fingerprint density at radius 3 is 2.97 bits per heavy atom. The highest BCUT2D eigenvalue weighted by Crippen LogP contribution is 2.37. The summed E-state index contributed by atoms with van der Waals surface area (Å²) in [5.41, 5.74) is 3.40. The number of amides is 1. The van der Waals surface area contributed by atoms with Crippen LogP contribution in [0.15, 0.2) is 36.9 Å². The minimum Gasteiger partial charge on any atom is -0.480 e. The molecule has 9 nitrogen and oxygen atoms in total. The average Bonchev–Trinajstić information content (AvgIpc) is 3.38. The lowest BCUT2D eigenvalue weighted by Gasteiger charge is -2.45. The first-order valence-corrected chi connectivity index (χ1v) is 10.4. The average molecular weight is 419 g/mol. The van der Waals surface area contributed by atoms with Gasteiger partial charge in [0.05, 0.1) is 12.5 Å². The third-order valence-electron chi connectivity index (χ3n) is 5.88. The molecule has 0 spiro atoms. The molecule has 1 fully saturated rings. The smallest absolute Gasteiger partial charge is 0.228 e. The fourth-order valence-electron chi connectivity index (χ4n) is 4.36. The van der Waals surface area contributed by atoms with Gasteiger partial charge in [-0.2, -0.15) is 9.97 Å². The number of imidazole rings is 1. The molecule has 0 saturated heterocycles. The molecule has 0 atom stereocenters. The van der Waals surface area contributed by atoms with E-state index in [2.05, 4.69) is 37.5 Å². The van der Waals surface area contributed by atoms with Crippen LogP contribution in [0.2, 0.25) is 0 Å². The summed E-state index contributed by atoms with van der Waals surface area (Å²) in [5, 5.41) is 7.30. The summed E-state index contributed by atoms with van der Waals surface area (Å²) in [6.45, 7) is 3.93. The van der Waals surface area contributed by atoms with Gasteiger partial charge in [0, 0.05) is 53.9 Å². The van der Waals surface area contributed by atoms with Crippen LogP contribution in [0, 0.1) is 0 Å². The number of H-pyrrole nitrogens is 1. The van der Waals surface area contributed by atoms with Crippen LogP contribution in [-0.2, 0) is 4.79 Å². The van der Waals surface area contributed by atoms with Crippen LogP contribution in [-0.4, -0.2) is 48.9 Å². The summed E-state index contributed by atoms with van der Waals surface area (Å²) in [6, 6.07) is 4.20. The second-order valence-electron chi connectivity index (χ2n) is 8.30. The molecule has 0 aliphatic heterocycles. The maximum atomic E-state index is 11.7. The van der Waals surface area contributed by atoms with Gasteiger partial charge in [-0.15, -0.1) is 0 Å². The Morgan fingerprint density at radius 1 is 1.35 bits per heavy atom. The highest BCUT2D eigenvalue weighted by Gasteiger charge is 2.41. The third kappa shape index (κ3) is 3.45. The van der Waals surface area contributed by atoms with Crippen molar-refractivity contribution in [2.45, 2.75) is 44.7 Å². The fraction of sp³-hybridized carbons (Fsp3) is 0.364. The molecule has 4 aromatic heterocycles. The van der Waals surface area contributed by atoms with E-state index in [4.69, 9.17) is 4.74 Å². The van der Waals surface area contributed by atoms with Crippen LogP contribution in [0.5, 0.6) is 5.88 Å². The molecular weight excluding hydrogens is 394 g/mol. The van der Waals surface area contributed by atoms with Gasteiger partial charge in [0.25, 0.3) is 0 Å². The minimum atomic E-state index is -0.176. The molecule has 9 heteroatoms. The molecule has 1 saturated carbocycles. The first kappa shape index (κ1) is 19.3. The van der Waals surface area contributed by atoms with Crippen molar-refractivity contribution in [1.29, 1.82) is 0 Å². The molecule has 1 aliphatic rings. The lowest BCUT2D eigenvalue weighted by molar-refractivity contribution is -0.123. The zero-order valence-electron chi connectivity index (χ0n) is 17.8. The number of aromatic nitrogens is 5. The number of aromatic amines is 1. The van der Waals surface area contributed by atoms with Gasteiger partial charge in [-0.05, 0) is 31.9 Å². The number of nitrogens with one attached hydrogen (secondary N) is 3. The van der Waals surface area contributed by atoms with Crippen LogP contribution < -0.4 is 15.4 Å². The number of hydrogen-bond acceptors (Lipinski definition) is 6. The molecule has 0 bridgehead atoms. The Kier molecular flexibility index (Phi) is 4.53. The highest BCUT2D eigenvalue weighted by molar-refractivity contribution is 5.97. The van der Waals surface area contributed by atoms with Gasteiger partial charge in [-0.25, -0.2) is 4.98 Å². The largest absolute Gasteiger partial charge is 0.480 e. The summed E-state index contributed by atoms with van der Waals surface area (Å²) in [7, 11) is 1.61. The molecule has 31 heavy (non-hydrogen) atoms. The van der Waals surface area contributed by atoms with E-state index in [1.807, 2.05) is 42.0 Å². The third-order valence-corrected chi connectivity index (χ3v) is 5.88. The second kappa shape index (κ2) is 7.26. The number of hydrogen-bond donors (Lipinski definition) is 3. The number of methoxy groups -OCH3 is 1. The SMILES string of the molecule is CCC(=O)N[C@]1(C)C[C@H](Nc2nc(OC)c3c(-c4ccc5nccn5c4)c[nH]c3n2)C1. The van der Waals surface area contributed by atoms with E-state index in [0.29, 0.717) is 23.9 Å². The van der Waals surface area contributed by atoms with Gasteiger partial charge in [-0.1, -0.05) is 6.92 Å². The van der Waals surface area contributed by atoms with Gasteiger partial charge in [-0.3, -0.25) is 4.79 Å². The number of pyridine rings is 1. The summed E-state index contributed by atoms with van der Waals surface area (Å²) in [6.07, 6.45) is 9.77. The van der Waals surface area contributed by atoms with E-state index in [0.717, 1.165) is 35.0 Å². The van der Waals surface area contributed by atoms with Gasteiger partial charge in [0.15, 0.2) is 0 Å². The molecule has 0 aromatic carbocycles. The van der Waals surface area contributed by atoms with Crippen LogP contribution in [0.1, 0.15) is 33.1 Å². The van der Waals surface area contributed by atoms with E-state index in [-0.39, 0.29) is 17.5 Å². The van der Waals surface area contributed by atoms with Crippen molar-refractivity contribution < 1.29 is 9.53 Å². The monoisotopic (exact) mass is 419 g/mol. The summed E-state index contributed by atoms with van der Waals surface area (Å²) >= 11 is 0. The van der Waals surface area contributed by atoms with Crippen molar-refractivity contribution >= 4 is 28.5 Å². The van der Waals surface area contributed by atoms with E-state index in [9.17, 15) is 4.79 Å². The predicted molar refractivity (Wildman–Crippen MR) is 118 cm³/mol. The number of carbonyl (C=O) groups excluding carboxylic acids is 1. The maximum Gasteiger partial charge on any atom is 0.228 e.